The summed E-state index contributed by atoms with van der Waals surface area (Å²) in [5.41, 5.74) is 9.30. The van der Waals surface area contributed by atoms with Crippen molar-refractivity contribution in [3.05, 3.63) is 65.7 Å². The normalized spacial score (nSPS) is 10.4. The smallest absolute Gasteiger partial charge is 0.221 e. The number of aromatic nitrogens is 2. The lowest BCUT2D eigenvalue weighted by Gasteiger charge is -2.06. The minimum atomic E-state index is 0.251. The molecule has 3 aromatic rings. The predicted octanol–water partition coefficient (Wildman–Crippen LogP) is 4.05. The van der Waals surface area contributed by atoms with E-state index in [-0.39, 0.29) is 5.95 Å². The van der Waals surface area contributed by atoms with Crippen LogP contribution in [0, 0.1) is 0 Å². The van der Waals surface area contributed by atoms with Crippen LogP contribution in [-0.4, -0.2) is 9.97 Å². The Bertz CT molecular complexity index is 742. The van der Waals surface area contributed by atoms with Gasteiger partial charge in [0.05, 0.1) is 11.4 Å². The molecule has 98 valence electrons. The van der Waals surface area contributed by atoms with Gasteiger partial charge in [0, 0.05) is 16.1 Å². The van der Waals surface area contributed by atoms with E-state index in [2.05, 4.69) is 9.97 Å². The standard InChI is InChI=1S/C16H12ClN3/c17-13-8-4-7-12(9-13)15-10-14(19-16(18)20-15)11-5-2-1-3-6-11/h1-10H,(H2,18,19,20). The third-order valence-corrected chi connectivity index (χ3v) is 3.17. The van der Waals surface area contributed by atoms with Crippen molar-refractivity contribution in [3.8, 4) is 22.5 Å². The average Bonchev–Trinajstić information content (AvgIpc) is 2.47. The first-order valence-electron chi connectivity index (χ1n) is 6.18. The summed E-state index contributed by atoms with van der Waals surface area (Å²) < 4.78 is 0. The van der Waals surface area contributed by atoms with Gasteiger partial charge < -0.3 is 5.73 Å². The summed E-state index contributed by atoms with van der Waals surface area (Å²) in [6, 6.07) is 19.3. The Balaban J connectivity index is 2.12. The molecule has 3 rings (SSSR count). The number of anilines is 1. The van der Waals surface area contributed by atoms with E-state index in [4.69, 9.17) is 17.3 Å². The number of hydrogen-bond donors (Lipinski definition) is 1. The van der Waals surface area contributed by atoms with Crippen molar-refractivity contribution in [2.24, 2.45) is 0 Å². The van der Waals surface area contributed by atoms with Gasteiger partial charge >= 0.3 is 0 Å². The van der Waals surface area contributed by atoms with Gasteiger partial charge in [0.15, 0.2) is 0 Å². The summed E-state index contributed by atoms with van der Waals surface area (Å²) in [7, 11) is 0. The number of rotatable bonds is 2. The van der Waals surface area contributed by atoms with Gasteiger partial charge in [0.25, 0.3) is 0 Å². The highest BCUT2D eigenvalue weighted by Gasteiger charge is 2.07. The maximum absolute atomic E-state index is 6.02. The highest BCUT2D eigenvalue weighted by Crippen LogP contribution is 2.25. The Morgan fingerprint density at radius 2 is 1.40 bits per heavy atom. The van der Waals surface area contributed by atoms with Gasteiger partial charge in [-0.3, -0.25) is 0 Å². The van der Waals surface area contributed by atoms with Crippen LogP contribution in [0.1, 0.15) is 0 Å². The molecule has 4 heteroatoms. The zero-order valence-electron chi connectivity index (χ0n) is 10.6. The largest absolute Gasteiger partial charge is 0.368 e. The molecule has 0 radical (unpaired) electrons. The van der Waals surface area contributed by atoms with Crippen LogP contribution in [0.25, 0.3) is 22.5 Å². The fourth-order valence-corrected chi connectivity index (χ4v) is 2.21. The van der Waals surface area contributed by atoms with Crippen molar-refractivity contribution < 1.29 is 0 Å². The molecular weight excluding hydrogens is 270 g/mol. The first-order valence-corrected chi connectivity index (χ1v) is 6.56. The summed E-state index contributed by atoms with van der Waals surface area (Å²) in [5.74, 6) is 0.251. The van der Waals surface area contributed by atoms with E-state index in [1.165, 1.54) is 0 Å². The topological polar surface area (TPSA) is 51.8 Å². The van der Waals surface area contributed by atoms with Crippen molar-refractivity contribution in [1.29, 1.82) is 0 Å². The van der Waals surface area contributed by atoms with Gasteiger partial charge in [0.2, 0.25) is 5.95 Å². The van der Waals surface area contributed by atoms with E-state index >= 15 is 0 Å². The molecular formula is C16H12ClN3. The zero-order chi connectivity index (χ0) is 13.9. The van der Waals surface area contributed by atoms with E-state index in [0.29, 0.717) is 5.02 Å². The Kier molecular flexibility index (Phi) is 3.35. The second kappa shape index (κ2) is 5.31. The molecule has 0 amide bonds. The zero-order valence-corrected chi connectivity index (χ0v) is 11.4. The number of nitrogens with two attached hydrogens (primary N) is 1. The summed E-state index contributed by atoms with van der Waals surface area (Å²) in [6.07, 6.45) is 0. The SMILES string of the molecule is Nc1nc(-c2ccccc2)cc(-c2cccc(Cl)c2)n1. The quantitative estimate of drug-likeness (QED) is 0.771. The molecule has 0 aliphatic carbocycles. The number of hydrogen-bond acceptors (Lipinski definition) is 3. The molecule has 0 saturated heterocycles. The number of halogens is 1. The molecule has 2 N–H and O–H groups in total. The van der Waals surface area contributed by atoms with Crippen LogP contribution in [0.2, 0.25) is 5.02 Å². The number of nitrogen functional groups attached to an aromatic ring is 1. The minimum Gasteiger partial charge on any atom is -0.368 e. The molecule has 20 heavy (non-hydrogen) atoms. The van der Waals surface area contributed by atoms with Gasteiger partial charge in [-0.2, -0.15) is 0 Å². The number of benzene rings is 2. The summed E-state index contributed by atoms with van der Waals surface area (Å²) in [4.78, 5) is 8.56. The van der Waals surface area contributed by atoms with Crippen LogP contribution in [0.5, 0.6) is 0 Å². The van der Waals surface area contributed by atoms with E-state index in [1.54, 1.807) is 0 Å². The van der Waals surface area contributed by atoms with E-state index in [1.807, 2.05) is 60.7 Å². The highest BCUT2D eigenvalue weighted by molar-refractivity contribution is 6.30. The van der Waals surface area contributed by atoms with Gasteiger partial charge in [-0.25, -0.2) is 9.97 Å². The molecule has 1 aromatic heterocycles. The Labute approximate surface area is 122 Å². The van der Waals surface area contributed by atoms with Crippen LogP contribution in [0.4, 0.5) is 5.95 Å². The van der Waals surface area contributed by atoms with Gasteiger partial charge in [0.1, 0.15) is 0 Å². The molecule has 0 spiro atoms. The molecule has 0 unspecified atom stereocenters. The van der Waals surface area contributed by atoms with Crippen molar-refractivity contribution in [2.45, 2.75) is 0 Å². The summed E-state index contributed by atoms with van der Waals surface area (Å²) in [5, 5.41) is 0.668. The summed E-state index contributed by atoms with van der Waals surface area (Å²) in [6.45, 7) is 0. The first kappa shape index (κ1) is 12.6. The van der Waals surface area contributed by atoms with Crippen LogP contribution in [0.15, 0.2) is 60.7 Å². The lowest BCUT2D eigenvalue weighted by molar-refractivity contribution is 1.19. The second-order valence-corrected chi connectivity index (χ2v) is 4.81. The molecule has 0 aliphatic heterocycles. The molecule has 0 saturated carbocycles. The molecule has 2 aromatic carbocycles. The monoisotopic (exact) mass is 281 g/mol. The van der Waals surface area contributed by atoms with Crippen molar-refractivity contribution in [2.75, 3.05) is 5.73 Å². The van der Waals surface area contributed by atoms with Crippen LogP contribution in [0.3, 0.4) is 0 Å². The average molecular weight is 282 g/mol. The van der Waals surface area contributed by atoms with Crippen molar-refractivity contribution >= 4 is 17.5 Å². The van der Waals surface area contributed by atoms with E-state index in [0.717, 1.165) is 22.5 Å². The lowest BCUT2D eigenvalue weighted by atomic mass is 10.1. The van der Waals surface area contributed by atoms with E-state index in [9.17, 15) is 0 Å². The van der Waals surface area contributed by atoms with Crippen LogP contribution < -0.4 is 5.73 Å². The lowest BCUT2D eigenvalue weighted by Crippen LogP contribution is -1.98. The summed E-state index contributed by atoms with van der Waals surface area (Å²) >= 11 is 6.02. The number of nitrogens with zero attached hydrogens (tertiary/aromatic N) is 2. The minimum absolute atomic E-state index is 0.251. The third-order valence-electron chi connectivity index (χ3n) is 2.93. The Hall–Kier alpha value is -2.39. The Morgan fingerprint density at radius 3 is 2.10 bits per heavy atom. The molecule has 3 nitrogen and oxygen atoms in total. The molecule has 0 aliphatic rings. The maximum atomic E-state index is 6.02. The molecule has 1 heterocycles. The second-order valence-electron chi connectivity index (χ2n) is 4.37. The van der Waals surface area contributed by atoms with E-state index < -0.39 is 0 Å². The van der Waals surface area contributed by atoms with Gasteiger partial charge in [-0.05, 0) is 18.2 Å². The predicted molar refractivity (Wildman–Crippen MR) is 82.3 cm³/mol. The molecule has 0 atom stereocenters. The highest BCUT2D eigenvalue weighted by atomic mass is 35.5. The first-order chi connectivity index (χ1) is 9.72. The van der Waals surface area contributed by atoms with Gasteiger partial charge in [-0.15, -0.1) is 0 Å². The maximum Gasteiger partial charge on any atom is 0.221 e. The van der Waals surface area contributed by atoms with Gasteiger partial charge in [-0.1, -0.05) is 54.1 Å². The Morgan fingerprint density at radius 1 is 0.750 bits per heavy atom. The third kappa shape index (κ3) is 2.63. The van der Waals surface area contributed by atoms with Crippen molar-refractivity contribution in [1.82, 2.24) is 9.97 Å². The van der Waals surface area contributed by atoms with Crippen molar-refractivity contribution in [3.63, 3.8) is 0 Å². The molecule has 0 fully saturated rings. The van der Waals surface area contributed by atoms with Crippen LogP contribution in [-0.2, 0) is 0 Å². The fraction of sp³-hybridized carbons (Fsp3) is 0. The van der Waals surface area contributed by atoms with Crippen LogP contribution >= 0.6 is 11.6 Å². The fourth-order valence-electron chi connectivity index (χ4n) is 2.02. The molecule has 0 bridgehead atoms.